The fourth-order valence-electron chi connectivity index (χ4n) is 3.66. The van der Waals surface area contributed by atoms with Crippen molar-refractivity contribution in [1.82, 2.24) is 4.90 Å². The van der Waals surface area contributed by atoms with Crippen LogP contribution in [0.4, 0.5) is 11.4 Å². The maximum absolute atomic E-state index is 12.9. The molecule has 2 aliphatic rings. The van der Waals surface area contributed by atoms with Crippen molar-refractivity contribution in [3.8, 4) is 0 Å². The summed E-state index contributed by atoms with van der Waals surface area (Å²) in [5, 5.41) is 2.82. The normalized spacial score (nSPS) is 20.1. The van der Waals surface area contributed by atoms with Crippen LogP contribution in [0.3, 0.4) is 0 Å². The van der Waals surface area contributed by atoms with Crippen LogP contribution in [-0.2, 0) is 20.7 Å². The molecule has 4 rings (SSSR count). The van der Waals surface area contributed by atoms with E-state index in [2.05, 4.69) is 22.3 Å². The summed E-state index contributed by atoms with van der Waals surface area (Å²) < 4.78 is 5.88. The molecule has 0 spiro atoms. The van der Waals surface area contributed by atoms with E-state index in [1.165, 1.54) is 5.56 Å². The second-order valence-corrected chi connectivity index (χ2v) is 6.96. The average Bonchev–Trinajstić information content (AvgIpc) is 2.68. The van der Waals surface area contributed by atoms with Crippen molar-refractivity contribution < 1.29 is 14.3 Å². The Hall–Kier alpha value is -2.70. The van der Waals surface area contributed by atoms with E-state index in [4.69, 9.17) is 4.74 Å². The Morgan fingerprint density at radius 2 is 1.89 bits per heavy atom. The highest BCUT2D eigenvalue weighted by molar-refractivity contribution is 6.10. The van der Waals surface area contributed by atoms with Crippen LogP contribution in [0.2, 0.25) is 0 Å². The Morgan fingerprint density at radius 3 is 2.74 bits per heavy atom. The number of nitrogens with zero attached hydrogens (tertiary/aromatic N) is 2. The molecule has 27 heavy (non-hydrogen) atoms. The maximum Gasteiger partial charge on any atom is 0.244 e. The monoisotopic (exact) mass is 365 g/mol. The molecular weight excluding hydrogens is 342 g/mol. The summed E-state index contributed by atoms with van der Waals surface area (Å²) in [4.78, 5) is 28.6. The Balaban J connectivity index is 1.40. The van der Waals surface area contributed by atoms with Crippen LogP contribution in [0.25, 0.3) is 0 Å². The predicted octanol–water partition coefficient (Wildman–Crippen LogP) is 1.92. The lowest BCUT2D eigenvalue weighted by molar-refractivity contribution is -0.124. The molecular formula is C21H23N3O3. The summed E-state index contributed by atoms with van der Waals surface area (Å²) in [6.45, 7) is 2.40. The van der Waals surface area contributed by atoms with Crippen LogP contribution in [0.5, 0.6) is 0 Å². The fourth-order valence-corrected chi connectivity index (χ4v) is 3.66. The lowest BCUT2D eigenvalue weighted by Crippen LogP contribution is -2.50. The van der Waals surface area contributed by atoms with Gasteiger partial charge in [0.2, 0.25) is 11.8 Å². The van der Waals surface area contributed by atoms with Crippen molar-refractivity contribution in [3.63, 3.8) is 0 Å². The number of morpholine rings is 1. The first-order valence-corrected chi connectivity index (χ1v) is 9.26. The highest BCUT2D eigenvalue weighted by Gasteiger charge is 2.29. The minimum atomic E-state index is -0.161. The molecule has 0 bridgehead atoms. The second kappa shape index (κ2) is 7.90. The molecule has 0 aliphatic carbocycles. The number of ether oxygens (including phenoxy) is 1. The van der Waals surface area contributed by atoms with Gasteiger partial charge in [-0.2, -0.15) is 0 Å². The van der Waals surface area contributed by atoms with Crippen LogP contribution in [0.15, 0.2) is 54.6 Å². The van der Waals surface area contributed by atoms with Gasteiger partial charge in [0.15, 0.2) is 0 Å². The number of hydrogen-bond donors (Lipinski definition) is 1. The summed E-state index contributed by atoms with van der Waals surface area (Å²) in [6, 6.07) is 17.7. The third-order valence-corrected chi connectivity index (χ3v) is 4.96. The smallest absolute Gasteiger partial charge is 0.244 e. The zero-order valence-electron chi connectivity index (χ0n) is 15.1. The minimum Gasteiger partial charge on any atom is -0.375 e. The van der Waals surface area contributed by atoms with E-state index in [1.54, 1.807) is 4.90 Å². The first-order chi connectivity index (χ1) is 13.2. The number of hydrogen-bond acceptors (Lipinski definition) is 4. The molecule has 2 heterocycles. The van der Waals surface area contributed by atoms with Crippen LogP contribution in [0, 0.1) is 0 Å². The standard InChI is InChI=1S/C21H23N3O3/c25-20-14-24(19-9-5-4-8-18(19)22-20)21(26)15-23-10-11-27-17(13-23)12-16-6-2-1-3-7-16/h1-9,17H,10-15H2,(H,22,25). The number of fused-ring (bicyclic) bond motifs is 1. The molecule has 140 valence electrons. The number of anilines is 2. The quantitative estimate of drug-likeness (QED) is 0.899. The number of rotatable bonds is 4. The molecule has 1 fully saturated rings. The fraction of sp³-hybridized carbons (Fsp3) is 0.333. The largest absolute Gasteiger partial charge is 0.375 e. The van der Waals surface area contributed by atoms with Crippen LogP contribution in [0.1, 0.15) is 5.56 Å². The van der Waals surface area contributed by atoms with Gasteiger partial charge in [-0.25, -0.2) is 0 Å². The molecule has 6 heteroatoms. The van der Waals surface area contributed by atoms with Gasteiger partial charge in [0.25, 0.3) is 0 Å². The van der Waals surface area contributed by atoms with Crippen LogP contribution < -0.4 is 10.2 Å². The molecule has 2 amide bonds. The molecule has 2 aromatic rings. The zero-order chi connectivity index (χ0) is 18.6. The average molecular weight is 365 g/mol. The Kier molecular flexibility index (Phi) is 5.18. The van der Waals surface area contributed by atoms with E-state index in [1.807, 2.05) is 42.5 Å². The predicted molar refractivity (Wildman–Crippen MR) is 104 cm³/mol. The third-order valence-electron chi connectivity index (χ3n) is 4.96. The molecule has 1 saturated heterocycles. The number of nitrogens with one attached hydrogen (secondary N) is 1. The highest BCUT2D eigenvalue weighted by Crippen LogP contribution is 2.29. The number of carbonyl (C=O) groups excluding carboxylic acids is 2. The molecule has 1 unspecified atom stereocenters. The van der Waals surface area contributed by atoms with Crippen molar-refractivity contribution in [3.05, 3.63) is 60.2 Å². The molecule has 0 aromatic heterocycles. The Morgan fingerprint density at radius 1 is 1.11 bits per heavy atom. The van der Waals surface area contributed by atoms with Gasteiger partial charge in [-0.1, -0.05) is 42.5 Å². The summed E-state index contributed by atoms with van der Waals surface area (Å²) in [6.07, 6.45) is 0.909. The molecule has 1 N–H and O–H groups in total. The summed E-state index contributed by atoms with van der Waals surface area (Å²) in [5.41, 5.74) is 2.68. The van der Waals surface area contributed by atoms with E-state index in [0.29, 0.717) is 18.8 Å². The van der Waals surface area contributed by atoms with E-state index in [-0.39, 0.29) is 31.0 Å². The molecule has 2 aliphatic heterocycles. The second-order valence-electron chi connectivity index (χ2n) is 6.96. The Bertz CT molecular complexity index is 824. The molecule has 2 aromatic carbocycles. The summed E-state index contributed by atoms with van der Waals surface area (Å²) in [7, 11) is 0. The molecule has 0 saturated carbocycles. The van der Waals surface area contributed by atoms with Crippen molar-refractivity contribution in [2.75, 3.05) is 43.0 Å². The van der Waals surface area contributed by atoms with Crippen molar-refractivity contribution in [1.29, 1.82) is 0 Å². The zero-order valence-corrected chi connectivity index (χ0v) is 15.1. The van der Waals surface area contributed by atoms with Gasteiger partial charge in [0.05, 0.1) is 30.6 Å². The SMILES string of the molecule is O=C1CN(C(=O)CN2CCOC(Cc3ccccc3)C2)c2ccccc2N1. The van der Waals surface area contributed by atoms with Crippen LogP contribution in [-0.4, -0.2) is 55.6 Å². The van der Waals surface area contributed by atoms with E-state index < -0.39 is 0 Å². The number of benzene rings is 2. The first kappa shape index (κ1) is 17.7. The molecule has 6 nitrogen and oxygen atoms in total. The van der Waals surface area contributed by atoms with Gasteiger partial charge in [0, 0.05) is 13.1 Å². The summed E-state index contributed by atoms with van der Waals surface area (Å²) in [5.74, 6) is -0.219. The van der Waals surface area contributed by atoms with Gasteiger partial charge in [-0.3, -0.25) is 19.4 Å². The number of amides is 2. The topological polar surface area (TPSA) is 61.9 Å². The minimum absolute atomic E-state index is 0.0577. The van der Waals surface area contributed by atoms with Gasteiger partial charge in [-0.15, -0.1) is 0 Å². The lowest BCUT2D eigenvalue weighted by atomic mass is 10.1. The van der Waals surface area contributed by atoms with Gasteiger partial charge >= 0.3 is 0 Å². The van der Waals surface area contributed by atoms with Crippen molar-refractivity contribution >= 4 is 23.2 Å². The molecule has 1 atom stereocenters. The maximum atomic E-state index is 12.9. The first-order valence-electron chi connectivity index (χ1n) is 9.26. The van der Waals surface area contributed by atoms with Crippen molar-refractivity contribution in [2.45, 2.75) is 12.5 Å². The van der Waals surface area contributed by atoms with E-state index >= 15 is 0 Å². The Labute approximate surface area is 158 Å². The van der Waals surface area contributed by atoms with Crippen molar-refractivity contribution in [2.24, 2.45) is 0 Å². The lowest BCUT2D eigenvalue weighted by Gasteiger charge is -2.35. The van der Waals surface area contributed by atoms with Gasteiger partial charge in [-0.05, 0) is 24.1 Å². The number of carbonyl (C=O) groups is 2. The third kappa shape index (κ3) is 4.18. The molecule has 0 radical (unpaired) electrons. The van der Waals surface area contributed by atoms with E-state index in [9.17, 15) is 9.59 Å². The van der Waals surface area contributed by atoms with Gasteiger partial charge < -0.3 is 10.1 Å². The number of para-hydroxylation sites is 2. The highest BCUT2D eigenvalue weighted by atomic mass is 16.5. The van der Waals surface area contributed by atoms with Gasteiger partial charge in [0.1, 0.15) is 6.54 Å². The van der Waals surface area contributed by atoms with E-state index in [0.717, 1.165) is 18.7 Å². The summed E-state index contributed by atoms with van der Waals surface area (Å²) >= 11 is 0. The van der Waals surface area contributed by atoms with Crippen LogP contribution >= 0.6 is 0 Å².